The maximum Gasteiger partial charge on any atom is 0.180 e. The van der Waals surface area contributed by atoms with Gasteiger partial charge >= 0.3 is 0 Å². The fraction of sp³-hybridized carbons (Fsp3) is 0.100. The Morgan fingerprint density at radius 3 is 2.41 bits per heavy atom. The Bertz CT molecular complexity index is 521. The highest BCUT2D eigenvalue weighted by molar-refractivity contribution is 9.11. The summed E-state index contributed by atoms with van der Waals surface area (Å²) in [6, 6.07) is 3.86. The van der Waals surface area contributed by atoms with E-state index in [1.807, 2.05) is 12.1 Å². The second-order valence-electron chi connectivity index (χ2n) is 3.15. The number of hydrogen-bond acceptors (Lipinski definition) is 4. The van der Waals surface area contributed by atoms with Crippen LogP contribution in [0.5, 0.6) is 5.75 Å². The molecule has 1 aromatic carbocycles. The lowest BCUT2D eigenvalue weighted by molar-refractivity contribution is 0.305. The minimum atomic E-state index is 0.452. The van der Waals surface area contributed by atoms with E-state index >= 15 is 0 Å². The highest BCUT2D eigenvalue weighted by Crippen LogP contribution is 2.37. The van der Waals surface area contributed by atoms with Gasteiger partial charge in [-0.25, -0.2) is 4.98 Å². The van der Waals surface area contributed by atoms with Crippen molar-refractivity contribution in [3.05, 3.63) is 36.6 Å². The molecule has 1 aromatic heterocycles. The molecule has 0 radical (unpaired) electrons. The average molecular weight is 443 g/mol. The van der Waals surface area contributed by atoms with Crippen molar-refractivity contribution in [3.63, 3.8) is 0 Å². The molecule has 3 nitrogen and oxygen atoms in total. The van der Waals surface area contributed by atoms with Gasteiger partial charge in [0.25, 0.3) is 0 Å². The molecule has 0 saturated heterocycles. The van der Waals surface area contributed by atoms with Crippen LogP contribution in [0.3, 0.4) is 0 Å². The zero-order chi connectivity index (χ0) is 12.4. The molecule has 0 aliphatic rings. The minimum Gasteiger partial charge on any atom is -0.486 e. The summed E-state index contributed by atoms with van der Waals surface area (Å²) in [7, 11) is 0. The third-order valence-corrected chi connectivity index (χ3v) is 4.33. The zero-order valence-electron chi connectivity index (χ0n) is 8.41. The standard InChI is InChI=1S/C10H7Br3N2OS/c11-5-1-7(12)9(8(13)2-5)16-4-6-3-15-10(14)17-6/h1-3H,4H2,(H2,14,15). The van der Waals surface area contributed by atoms with Gasteiger partial charge in [-0.1, -0.05) is 27.3 Å². The van der Waals surface area contributed by atoms with E-state index in [-0.39, 0.29) is 0 Å². The summed E-state index contributed by atoms with van der Waals surface area (Å²) in [6.07, 6.45) is 1.72. The largest absolute Gasteiger partial charge is 0.486 e. The smallest absolute Gasteiger partial charge is 0.180 e. The lowest BCUT2D eigenvalue weighted by atomic mass is 10.3. The third-order valence-electron chi connectivity index (χ3n) is 1.89. The van der Waals surface area contributed by atoms with E-state index < -0.39 is 0 Å². The molecule has 0 amide bonds. The molecule has 7 heteroatoms. The number of rotatable bonds is 3. The van der Waals surface area contributed by atoms with Crippen molar-refractivity contribution in [2.75, 3.05) is 5.73 Å². The fourth-order valence-electron chi connectivity index (χ4n) is 1.20. The fourth-order valence-corrected chi connectivity index (χ4v) is 4.28. The molecule has 2 N–H and O–H groups in total. The van der Waals surface area contributed by atoms with Gasteiger partial charge in [0.15, 0.2) is 5.13 Å². The van der Waals surface area contributed by atoms with Crippen molar-refractivity contribution in [3.8, 4) is 5.75 Å². The number of nitrogens with zero attached hydrogens (tertiary/aromatic N) is 1. The number of halogens is 3. The van der Waals surface area contributed by atoms with Crippen LogP contribution in [0, 0.1) is 0 Å². The highest BCUT2D eigenvalue weighted by atomic mass is 79.9. The van der Waals surface area contributed by atoms with E-state index in [1.54, 1.807) is 6.20 Å². The summed E-state index contributed by atoms with van der Waals surface area (Å²) < 4.78 is 8.47. The van der Waals surface area contributed by atoms with Crippen LogP contribution in [-0.4, -0.2) is 4.98 Å². The lowest BCUT2D eigenvalue weighted by Crippen LogP contribution is -1.94. The number of nitrogens with two attached hydrogens (primary N) is 1. The number of aromatic nitrogens is 1. The second kappa shape index (κ2) is 5.69. The van der Waals surface area contributed by atoms with Crippen LogP contribution in [0.25, 0.3) is 0 Å². The number of anilines is 1. The molecule has 0 saturated carbocycles. The van der Waals surface area contributed by atoms with Crippen LogP contribution in [-0.2, 0) is 6.61 Å². The molecule has 0 aliphatic carbocycles. The predicted molar refractivity (Wildman–Crippen MR) is 80.4 cm³/mol. The maximum atomic E-state index is 5.72. The first-order chi connectivity index (χ1) is 8.06. The minimum absolute atomic E-state index is 0.452. The van der Waals surface area contributed by atoms with Crippen molar-refractivity contribution in [1.29, 1.82) is 0 Å². The van der Waals surface area contributed by atoms with E-state index in [4.69, 9.17) is 10.5 Å². The predicted octanol–water partition coefficient (Wildman–Crippen LogP) is 4.59. The molecule has 17 heavy (non-hydrogen) atoms. The SMILES string of the molecule is Nc1ncc(COc2c(Br)cc(Br)cc2Br)s1. The van der Waals surface area contributed by atoms with E-state index in [9.17, 15) is 0 Å². The highest BCUT2D eigenvalue weighted by Gasteiger charge is 2.09. The lowest BCUT2D eigenvalue weighted by Gasteiger charge is -2.09. The summed E-state index contributed by atoms with van der Waals surface area (Å²) >= 11 is 11.7. The number of thiazole rings is 1. The molecule has 0 spiro atoms. The van der Waals surface area contributed by atoms with Crippen molar-refractivity contribution in [2.45, 2.75) is 6.61 Å². The molecular weight excluding hydrogens is 436 g/mol. The monoisotopic (exact) mass is 440 g/mol. The van der Waals surface area contributed by atoms with Gasteiger partial charge in [0, 0.05) is 10.7 Å². The van der Waals surface area contributed by atoms with Gasteiger partial charge in [0.05, 0.1) is 13.8 Å². The van der Waals surface area contributed by atoms with Gasteiger partial charge in [0.2, 0.25) is 0 Å². The molecule has 0 fully saturated rings. The Hall–Kier alpha value is -0.110. The van der Waals surface area contributed by atoms with Crippen molar-refractivity contribution < 1.29 is 4.74 Å². The van der Waals surface area contributed by atoms with Crippen LogP contribution in [0.1, 0.15) is 4.88 Å². The van der Waals surface area contributed by atoms with Gasteiger partial charge in [-0.05, 0) is 44.0 Å². The Balaban J connectivity index is 2.14. The van der Waals surface area contributed by atoms with Crippen molar-refractivity contribution >= 4 is 64.3 Å². The summed E-state index contributed by atoms with van der Waals surface area (Å²) in [5.41, 5.74) is 5.55. The first kappa shape index (κ1) is 13.3. The summed E-state index contributed by atoms with van der Waals surface area (Å²) in [6.45, 7) is 0.452. The van der Waals surface area contributed by atoms with Crippen molar-refractivity contribution in [1.82, 2.24) is 4.98 Å². The number of nitrogen functional groups attached to an aromatic ring is 1. The van der Waals surface area contributed by atoms with E-state index in [0.29, 0.717) is 11.7 Å². The number of ether oxygens (including phenoxy) is 1. The molecule has 0 aliphatic heterocycles. The Morgan fingerprint density at radius 2 is 1.88 bits per heavy atom. The second-order valence-corrected chi connectivity index (χ2v) is 6.92. The normalized spacial score (nSPS) is 10.5. The van der Waals surface area contributed by atoms with Crippen LogP contribution in [0.2, 0.25) is 0 Å². The van der Waals surface area contributed by atoms with E-state index in [0.717, 1.165) is 24.0 Å². The van der Waals surface area contributed by atoms with Gasteiger partial charge in [-0.15, -0.1) is 0 Å². The van der Waals surface area contributed by atoms with E-state index in [1.165, 1.54) is 11.3 Å². The number of hydrogen-bond donors (Lipinski definition) is 1. The first-order valence-corrected chi connectivity index (χ1v) is 7.73. The molecule has 2 aromatic rings. The Kier molecular flexibility index (Phi) is 4.46. The van der Waals surface area contributed by atoms with Crippen molar-refractivity contribution in [2.24, 2.45) is 0 Å². The summed E-state index contributed by atoms with van der Waals surface area (Å²) in [4.78, 5) is 4.96. The first-order valence-electron chi connectivity index (χ1n) is 4.54. The average Bonchev–Trinajstić information content (AvgIpc) is 2.62. The maximum absolute atomic E-state index is 5.72. The Morgan fingerprint density at radius 1 is 1.24 bits per heavy atom. The molecule has 2 rings (SSSR count). The van der Waals surface area contributed by atoms with Crippen LogP contribution >= 0.6 is 59.1 Å². The van der Waals surface area contributed by atoms with Gasteiger partial charge in [0.1, 0.15) is 12.4 Å². The number of benzene rings is 1. The molecule has 0 atom stereocenters. The third kappa shape index (κ3) is 3.43. The summed E-state index contributed by atoms with van der Waals surface area (Å²) in [5, 5.41) is 0.553. The zero-order valence-corrected chi connectivity index (χ0v) is 14.0. The molecule has 1 heterocycles. The Labute approximate surface area is 128 Å². The van der Waals surface area contributed by atoms with Crippen LogP contribution in [0.4, 0.5) is 5.13 Å². The topological polar surface area (TPSA) is 48.1 Å². The van der Waals surface area contributed by atoms with Gasteiger partial charge in [-0.3, -0.25) is 0 Å². The molecule has 0 unspecified atom stereocenters. The quantitative estimate of drug-likeness (QED) is 0.756. The van der Waals surface area contributed by atoms with Gasteiger partial charge in [-0.2, -0.15) is 0 Å². The summed E-state index contributed by atoms with van der Waals surface area (Å²) in [5.74, 6) is 0.764. The van der Waals surface area contributed by atoms with Crippen LogP contribution in [0.15, 0.2) is 31.7 Å². The van der Waals surface area contributed by atoms with Gasteiger partial charge < -0.3 is 10.5 Å². The molecular formula is C10H7Br3N2OS. The van der Waals surface area contributed by atoms with Crippen LogP contribution < -0.4 is 10.5 Å². The van der Waals surface area contributed by atoms with E-state index in [2.05, 4.69) is 52.8 Å². The molecule has 90 valence electrons. The molecule has 0 bridgehead atoms.